The van der Waals surface area contributed by atoms with Crippen molar-refractivity contribution >= 4 is 5.97 Å². The van der Waals surface area contributed by atoms with Gasteiger partial charge in [-0.3, -0.25) is 0 Å². The molecule has 0 amide bonds. The van der Waals surface area contributed by atoms with Crippen LogP contribution in [0.3, 0.4) is 0 Å². The van der Waals surface area contributed by atoms with Gasteiger partial charge < -0.3 is 9.47 Å². The first-order valence-corrected chi connectivity index (χ1v) is 4.74. The summed E-state index contributed by atoms with van der Waals surface area (Å²) in [6.45, 7) is 3.87. The van der Waals surface area contributed by atoms with Crippen LogP contribution in [0, 0.1) is 5.92 Å². The summed E-state index contributed by atoms with van der Waals surface area (Å²) in [5.41, 5.74) is 0. The molecule has 0 aromatic heterocycles. The molecule has 0 aromatic rings. The number of carbonyl (C=O) groups excluding carboxylic acids is 1. The van der Waals surface area contributed by atoms with Gasteiger partial charge in [-0.05, 0) is 25.2 Å². The van der Waals surface area contributed by atoms with Gasteiger partial charge >= 0.3 is 5.97 Å². The van der Waals surface area contributed by atoms with E-state index in [-0.39, 0.29) is 5.97 Å². The Kier molecular flexibility index (Phi) is 2.36. The van der Waals surface area contributed by atoms with Crippen molar-refractivity contribution in [3.63, 3.8) is 0 Å². The number of epoxide rings is 1. The van der Waals surface area contributed by atoms with Crippen LogP contribution in [-0.4, -0.2) is 24.8 Å². The Hall–Kier alpha value is -0.830. The van der Waals surface area contributed by atoms with Crippen LogP contribution in [0.2, 0.25) is 0 Å². The van der Waals surface area contributed by atoms with Crippen molar-refractivity contribution in [2.75, 3.05) is 6.61 Å². The largest absolute Gasteiger partial charge is 0.462 e. The number of carbonyl (C=O) groups is 1. The molecule has 1 heterocycles. The zero-order valence-corrected chi connectivity index (χ0v) is 7.57. The minimum absolute atomic E-state index is 0.321. The molecule has 1 saturated carbocycles. The highest BCUT2D eigenvalue weighted by molar-refractivity contribution is 5.81. The van der Waals surface area contributed by atoms with Gasteiger partial charge in [-0.25, -0.2) is 4.79 Å². The van der Waals surface area contributed by atoms with Crippen LogP contribution in [0.15, 0.2) is 12.7 Å². The molecule has 3 heteroatoms. The van der Waals surface area contributed by atoms with Gasteiger partial charge in [-0.15, -0.1) is 0 Å². The van der Waals surface area contributed by atoms with Gasteiger partial charge in [0.25, 0.3) is 0 Å². The number of esters is 1. The van der Waals surface area contributed by atoms with Crippen LogP contribution in [0.5, 0.6) is 0 Å². The van der Waals surface area contributed by atoms with Crippen LogP contribution < -0.4 is 0 Å². The van der Waals surface area contributed by atoms with E-state index >= 15 is 0 Å². The summed E-state index contributed by atoms with van der Waals surface area (Å²) in [5, 5.41) is 0. The maximum absolute atomic E-state index is 10.8. The summed E-state index contributed by atoms with van der Waals surface area (Å²) in [6.07, 6.45) is 5.48. The lowest BCUT2D eigenvalue weighted by Gasteiger charge is -2.17. The third-order valence-electron chi connectivity index (χ3n) is 2.74. The maximum atomic E-state index is 10.8. The Balaban J connectivity index is 1.69. The molecule has 1 saturated heterocycles. The summed E-state index contributed by atoms with van der Waals surface area (Å²) in [7, 11) is 0. The topological polar surface area (TPSA) is 38.8 Å². The molecular formula is C10H14O3. The molecule has 13 heavy (non-hydrogen) atoms. The molecule has 2 rings (SSSR count). The fourth-order valence-electron chi connectivity index (χ4n) is 1.90. The monoisotopic (exact) mass is 182 g/mol. The predicted octanol–water partition coefficient (Wildman–Crippen LogP) is 1.28. The lowest BCUT2D eigenvalue weighted by molar-refractivity contribution is -0.139. The summed E-state index contributed by atoms with van der Waals surface area (Å²) >= 11 is 0. The molecule has 3 nitrogen and oxygen atoms in total. The van der Waals surface area contributed by atoms with E-state index < -0.39 is 0 Å². The lowest BCUT2D eigenvalue weighted by Crippen LogP contribution is -2.19. The van der Waals surface area contributed by atoms with Gasteiger partial charge in [0.05, 0.1) is 18.8 Å². The molecule has 72 valence electrons. The molecule has 1 aliphatic heterocycles. The number of fused-ring (bicyclic) bond motifs is 1. The van der Waals surface area contributed by atoms with Gasteiger partial charge in [0, 0.05) is 6.08 Å². The molecule has 2 fully saturated rings. The highest BCUT2D eigenvalue weighted by Crippen LogP contribution is 2.39. The number of ether oxygens (including phenoxy) is 2. The van der Waals surface area contributed by atoms with E-state index in [9.17, 15) is 4.79 Å². The van der Waals surface area contributed by atoms with Crippen molar-refractivity contribution in [3.8, 4) is 0 Å². The van der Waals surface area contributed by atoms with Crippen LogP contribution in [-0.2, 0) is 14.3 Å². The van der Waals surface area contributed by atoms with E-state index in [2.05, 4.69) is 6.58 Å². The first kappa shape index (κ1) is 8.75. The Labute approximate surface area is 77.7 Å². The summed E-state index contributed by atoms with van der Waals surface area (Å²) in [6, 6.07) is 0. The van der Waals surface area contributed by atoms with Gasteiger partial charge in [-0.1, -0.05) is 6.58 Å². The zero-order chi connectivity index (χ0) is 9.26. The second-order valence-electron chi connectivity index (χ2n) is 3.73. The van der Waals surface area contributed by atoms with E-state index in [1.54, 1.807) is 0 Å². The van der Waals surface area contributed by atoms with Gasteiger partial charge in [0.2, 0.25) is 0 Å². The normalized spacial score (nSPS) is 36.2. The molecule has 1 aliphatic carbocycles. The predicted molar refractivity (Wildman–Crippen MR) is 47.2 cm³/mol. The Bertz CT molecular complexity index is 224. The van der Waals surface area contributed by atoms with Crippen molar-refractivity contribution in [1.82, 2.24) is 0 Å². The molecule has 3 unspecified atom stereocenters. The molecule has 3 atom stereocenters. The second kappa shape index (κ2) is 3.50. The van der Waals surface area contributed by atoms with Crippen LogP contribution in [0.25, 0.3) is 0 Å². The Morgan fingerprint density at radius 3 is 3.08 bits per heavy atom. The summed E-state index contributed by atoms with van der Waals surface area (Å²) in [4.78, 5) is 10.8. The molecule has 0 N–H and O–H groups in total. The summed E-state index contributed by atoms with van der Waals surface area (Å²) in [5.74, 6) is 0.173. The van der Waals surface area contributed by atoms with E-state index in [0.717, 1.165) is 19.3 Å². The molecule has 2 aliphatic rings. The maximum Gasteiger partial charge on any atom is 0.330 e. The van der Waals surface area contributed by atoms with Crippen molar-refractivity contribution in [3.05, 3.63) is 12.7 Å². The van der Waals surface area contributed by atoms with Crippen LogP contribution >= 0.6 is 0 Å². The van der Waals surface area contributed by atoms with Crippen LogP contribution in [0.4, 0.5) is 0 Å². The van der Waals surface area contributed by atoms with Gasteiger partial charge in [-0.2, -0.15) is 0 Å². The minimum Gasteiger partial charge on any atom is -0.462 e. The number of hydrogen-bond donors (Lipinski definition) is 0. The SMILES string of the molecule is C=CC(=O)OCC1CCC2OC2C1. The highest BCUT2D eigenvalue weighted by Gasteiger charge is 2.43. The third kappa shape index (κ3) is 2.10. The molecule has 0 bridgehead atoms. The van der Waals surface area contributed by atoms with Crippen LogP contribution in [0.1, 0.15) is 19.3 Å². The highest BCUT2D eigenvalue weighted by atomic mass is 16.6. The lowest BCUT2D eigenvalue weighted by atomic mass is 9.90. The molecule has 0 spiro atoms. The average Bonchev–Trinajstić information content (AvgIpc) is 2.91. The standard InChI is InChI=1S/C10H14O3/c1-2-10(11)12-6-7-3-4-8-9(5-7)13-8/h2,7-9H,1,3-6H2. The van der Waals surface area contributed by atoms with Gasteiger partial charge in [0.15, 0.2) is 0 Å². The summed E-state index contributed by atoms with van der Waals surface area (Å²) < 4.78 is 10.4. The second-order valence-corrected chi connectivity index (χ2v) is 3.73. The third-order valence-corrected chi connectivity index (χ3v) is 2.74. The Morgan fingerprint density at radius 1 is 1.54 bits per heavy atom. The van der Waals surface area contributed by atoms with Crippen molar-refractivity contribution in [2.24, 2.45) is 5.92 Å². The molecular weight excluding hydrogens is 168 g/mol. The molecule has 0 aromatic carbocycles. The van der Waals surface area contributed by atoms with Crippen molar-refractivity contribution in [2.45, 2.75) is 31.5 Å². The average molecular weight is 182 g/mol. The molecule has 0 radical (unpaired) electrons. The first-order chi connectivity index (χ1) is 6.29. The fraction of sp³-hybridized carbons (Fsp3) is 0.700. The smallest absolute Gasteiger partial charge is 0.330 e. The minimum atomic E-state index is -0.321. The van der Waals surface area contributed by atoms with E-state index in [1.165, 1.54) is 6.08 Å². The van der Waals surface area contributed by atoms with Crippen molar-refractivity contribution < 1.29 is 14.3 Å². The fourth-order valence-corrected chi connectivity index (χ4v) is 1.90. The number of rotatable bonds is 3. The van der Waals surface area contributed by atoms with E-state index in [4.69, 9.17) is 9.47 Å². The van der Waals surface area contributed by atoms with Crippen molar-refractivity contribution in [1.29, 1.82) is 0 Å². The van der Waals surface area contributed by atoms with Gasteiger partial charge in [0.1, 0.15) is 0 Å². The Morgan fingerprint density at radius 2 is 2.38 bits per heavy atom. The van der Waals surface area contributed by atoms with E-state index in [1.807, 2.05) is 0 Å². The number of hydrogen-bond acceptors (Lipinski definition) is 3. The quantitative estimate of drug-likeness (QED) is 0.375. The van der Waals surface area contributed by atoms with E-state index in [0.29, 0.717) is 24.7 Å². The zero-order valence-electron chi connectivity index (χ0n) is 7.57. The first-order valence-electron chi connectivity index (χ1n) is 4.74.